The van der Waals surface area contributed by atoms with Gasteiger partial charge in [0, 0.05) is 4.88 Å². The lowest BCUT2D eigenvalue weighted by Gasteiger charge is -2.09. The molecule has 6 heteroatoms. The number of nitrogens with zero attached hydrogens (tertiary/aromatic N) is 1. The average molecular weight is 344 g/mol. The summed E-state index contributed by atoms with van der Waals surface area (Å²) < 4.78 is 10.8. The third-order valence-corrected chi connectivity index (χ3v) is 5.07. The quantitative estimate of drug-likeness (QED) is 0.645. The van der Waals surface area contributed by atoms with Crippen molar-refractivity contribution in [3.8, 4) is 11.5 Å². The van der Waals surface area contributed by atoms with Crippen LogP contribution in [0.15, 0.2) is 29.4 Å². The summed E-state index contributed by atoms with van der Waals surface area (Å²) in [5.74, 6) is 1.17. The fourth-order valence-corrected chi connectivity index (χ4v) is 3.84. The summed E-state index contributed by atoms with van der Waals surface area (Å²) in [5, 5.41) is 4.04. The van der Waals surface area contributed by atoms with E-state index in [-0.39, 0.29) is 5.91 Å². The van der Waals surface area contributed by atoms with Gasteiger partial charge in [0.2, 0.25) is 0 Å². The number of nitrogens with one attached hydrogen (secondary N) is 1. The molecule has 0 aliphatic heterocycles. The Kier molecular flexibility index (Phi) is 5.15. The molecule has 1 aliphatic rings. The molecule has 0 spiro atoms. The van der Waals surface area contributed by atoms with Gasteiger partial charge in [-0.25, -0.2) is 5.43 Å². The number of thiophene rings is 1. The van der Waals surface area contributed by atoms with Gasteiger partial charge >= 0.3 is 0 Å². The number of aryl methyl sites for hydroxylation is 2. The summed E-state index contributed by atoms with van der Waals surface area (Å²) in [7, 11) is 1.59. The number of amides is 1. The Bertz CT molecular complexity index is 746. The van der Waals surface area contributed by atoms with E-state index in [1.165, 1.54) is 16.9 Å². The van der Waals surface area contributed by atoms with Crippen molar-refractivity contribution >= 4 is 23.5 Å². The van der Waals surface area contributed by atoms with E-state index in [1.54, 1.807) is 24.7 Å². The highest BCUT2D eigenvalue weighted by Gasteiger charge is 2.18. The van der Waals surface area contributed by atoms with Crippen LogP contribution in [0.2, 0.25) is 0 Å². The molecule has 0 saturated carbocycles. The molecule has 1 N–H and O–H groups in total. The number of ether oxygens (including phenoxy) is 2. The van der Waals surface area contributed by atoms with Gasteiger partial charge in [-0.05, 0) is 61.6 Å². The lowest BCUT2D eigenvalue weighted by molar-refractivity contribution is 0.0959. The number of hydrogen-bond donors (Lipinski definition) is 1. The first-order valence-corrected chi connectivity index (χ1v) is 8.78. The molecule has 126 valence electrons. The molecule has 24 heavy (non-hydrogen) atoms. The van der Waals surface area contributed by atoms with Crippen LogP contribution >= 0.6 is 11.3 Å². The van der Waals surface area contributed by atoms with E-state index >= 15 is 0 Å². The SMILES string of the molecule is CCOc1ccc(/C=N\NC(=O)c2cc3c(s2)CCC3)cc1OC. The minimum atomic E-state index is -0.163. The normalized spacial score (nSPS) is 13.1. The van der Waals surface area contributed by atoms with Crippen LogP contribution in [0, 0.1) is 0 Å². The molecule has 1 aromatic heterocycles. The van der Waals surface area contributed by atoms with Crippen molar-refractivity contribution in [3.63, 3.8) is 0 Å². The zero-order valence-corrected chi connectivity index (χ0v) is 14.6. The zero-order chi connectivity index (χ0) is 16.9. The number of benzene rings is 1. The summed E-state index contributed by atoms with van der Waals surface area (Å²) in [6, 6.07) is 7.50. The Balaban J connectivity index is 1.64. The Hall–Kier alpha value is -2.34. The molecular weight excluding hydrogens is 324 g/mol. The van der Waals surface area contributed by atoms with Crippen molar-refractivity contribution in [1.29, 1.82) is 0 Å². The first kappa shape index (κ1) is 16.5. The Morgan fingerprint density at radius 3 is 2.96 bits per heavy atom. The van der Waals surface area contributed by atoms with Crippen molar-refractivity contribution in [3.05, 3.63) is 45.1 Å². The van der Waals surface area contributed by atoms with Crippen molar-refractivity contribution in [2.45, 2.75) is 26.2 Å². The van der Waals surface area contributed by atoms with Crippen LogP contribution in [0.4, 0.5) is 0 Å². The van der Waals surface area contributed by atoms with Gasteiger partial charge in [0.1, 0.15) is 0 Å². The number of hydrazone groups is 1. The lowest BCUT2D eigenvalue weighted by Crippen LogP contribution is -2.16. The van der Waals surface area contributed by atoms with E-state index < -0.39 is 0 Å². The number of fused-ring (bicyclic) bond motifs is 1. The standard InChI is InChI=1S/C18H20N2O3S/c1-3-23-14-8-7-12(9-15(14)22-2)11-19-20-18(21)17-10-13-5-4-6-16(13)24-17/h7-11H,3-6H2,1-2H3,(H,20,21)/b19-11-. The first-order valence-electron chi connectivity index (χ1n) is 7.97. The largest absolute Gasteiger partial charge is 0.493 e. The van der Waals surface area contributed by atoms with Crippen LogP contribution in [-0.2, 0) is 12.8 Å². The van der Waals surface area contributed by atoms with Crippen molar-refractivity contribution in [1.82, 2.24) is 5.43 Å². The summed E-state index contributed by atoms with van der Waals surface area (Å²) in [6.07, 6.45) is 4.95. The van der Waals surface area contributed by atoms with Gasteiger partial charge in [-0.3, -0.25) is 4.79 Å². The summed E-state index contributed by atoms with van der Waals surface area (Å²) in [5.41, 5.74) is 4.72. The van der Waals surface area contributed by atoms with Crippen molar-refractivity contribution in [2.75, 3.05) is 13.7 Å². The third-order valence-electron chi connectivity index (χ3n) is 3.84. The summed E-state index contributed by atoms with van der Waals surface area (Å²) in [4.78, 5) is 14.2. The maximum Gasteiger partial charge on any atom is 0.281 e. The van der Waals surface area contributed by atoms with Crippen molar-refractivity contribution in [2.24, 2.45) is 5.10 Å². The number of carbonyl (C=O) groups excluding carboxylic acids is 1. The second kappa shape index (κ2) is 7.49. The van der Waals surface area contributed by atoms with Crippen molar-refractivity contribution < 1.29 is 14.3 Å². The Morgan fingerprint density at radius 1 is 1.33 bits per heavy atom. The molecule has 1 aromatic carbocycles. The minimum absolute atomic E-state index is 0.163. The highest BCUT2D eigenvalue weighted by molar-refractivity contribution is 7.14. The van der Waals surface area contributed by atoms with Gasteiger partial charge in [0.25, 0.3) is 5.91 Å². The molecule has 0 fully saturated rings. The van der Waals surface area contributed by atoms with Gasteiger partial charge < -0.3 is 9.47 Å². The number of rotatable bonds is 6. The monoisotopic (exact) mass is 344 g/mol. The Labute approximate surface area is 145 Å². The molecule has 1 heterocycles. The van der Waals surface area contributed by atoms with E-state index in [1.807, 2.05) is 31.2 Å². The molecule has 0 unspecified atom stereocenters. The van der Waals surface area contributed by atoms with E-state index in [0.717, 1.165) is 23.3 Å². The van der Waals surface area contributed by atoms with Gasteiger partial charge in [-0.2, -0.15) is 5.10 Å². The molecule has 0 radical (unpaired) electrons. The predicted molar refractivity (Wildman–Crippen MR) is 95.6 cm³/mol. The predicted octanol–water partition coefficient (Wildman–Crippen LogP) is 3.41. The zero-order valence-electron chi connectivity index (χ0n) is 13.8. The van der Waals surface area contributed by atoms with Crippen LogP contribution in [0.1, 0.15) is 39.0 Å². The number of carbonyl (C=O) groups is 1. The first-order chi connectivity index (χ1) is 11.7. The van der Waals surface area contributed by atoms with Crippen LogP contribution < -0.4 is 14.9 Å². The molecule has 1 amide bonds. The topological polar surface area (TPSA) is 59.9 Å². The maximum absolute atomic E-state index is 12.1. The molecule has 0 bridgehead atoms. The smallest absolute Gasteiger partial charge is 0.281 e. The highest BCUT2D eigenvalue weighted by atomic mass is 32.1. The van der Waals surface area contributed by atoms with Gasteiger partial charge in [0.15, 0.2) is 11.5 Å². The molecule has 5 nitrogen and oxygen atoms in total. The Morgan fingerprint density at radius 2 is 2.21 bits per heavy atom. The lowest BCUT2D eigenvalue weighted by atomic mass is 10.2. The minimum Gasteiger partial charge on any atom is -0.493 e. The average Bonchev–Trinajstić information content (AvgIpc) is 3.18. The molecule has 3 rings (SSSR count). The fraction of sp³-hybridized carbons (Fsp3) is 0.333. The molecule has 0 atom stereocenters. The summed E-state index contributed by atoms with van der Waals surface area (Å²) in [6.45, 7) is 2.50. The van der Waals surface area contributed by atoms with Crippen LogP contribution in [-0.4, -0.2) is 25.8 Å². The van der Waals surface area contributed by atoms with Gasteiger partial charge in [-0.15, -0.1) is 11.3 Å². The van der Waals surface area contributed by atoms with E-state index in [9.17, 15) is 4.79 Å². The summed E-state index contributed by atoms with van der Waals surface area (Å²) >= 11 is 1.57. The van der Waals surface area contributed by atoms with Gasteiger partial charge in [-0.1, -0.05) is 0 Å². The van der Waals surface area contributed by atoms with E-state index in [0.29, 0.717) is 18.1 Å². The van der Waals surface area contributed by atoms with E-state index in [4.69, 9.17) is 9.47 Å². The molecular formula is C18H20N2O3S. The highest BCUT2D eigenvalue weighted by Crippen LogP contribution is 2.30. The second-order valence-electron chi connectivity index (χ2n) is 5.46. The molecule has 0 saturated heterocycles. The van der Waals surface area contributed by atoms with Crippen LogP contribution in [0.5, 0.6) is 11.5 Å². The second-order valence-corrected chi connectivity index (χ2v) is 6.59. The van der Waals surface area contributed by atoms with Crippen LogP contribution in [0.25, 0.3) is 0 Å². The molecule has 2 aromatic rings. The third kappa shape index (κ3) is 3.59. The molecule has 1 aliphatic carbocycles. The van der Waals surface area contributed by atoms with Gasteiger partial charge in [0.05, 0.1) is 24.8 Å². The van der Waals surface area contributed by atoms with E-state index in [2.05, 4.69) is 10.5 Å². The fourth-order valence-electron chi connectivity index (χ4n) is 2.70. The number of methoxy groups -OCH3 is 1. The van der Waals surface area contributed by atoms with Crippen LogP contribution in [0.3, 0.4) is 0 Å². The number of hydrogen-bond acceptors (Lipinski definition) is 5. The maximum atomic E-state index is 12.1.